The lowest BCUT2D eigenvalue weighted by atomic mass is 10.0. The summed E-state index contributed by atoms with van der Waals surface area (Å²) < 4.78 is 0. The Kier molecular flexibility index (Phi) is 2.09. The van der Waals surface area contributed by atoms with E-state index in [1.165, 1.54) is 0 Å². The van der Waals surface area contributed by atoms with E-state index in [9.17, 15) is 0 Å². The Bertz CT molecular complexity index is 90.9. The van der Waals surface area contributed by atoms with Gasteiger partial charge in [-0.2, -0.15) is 0 Å². The molecule has 0 bridgehead atoms. The lowest BCUT2D eigenvalue weighted by molar-refractivity contribution is 0.449. The van der Waals surface area contributed by atoms with Crippen LogP contribution in [0.25, 0.3) is 0 Å². The minimum Gasteiger partial charge on any atom is -0.326 e. The van der Waals surface area contributed by atoms with Crippen LogP contribution in [0.3, 0.4) is 0 Å². The predicted octanol–water partition coefficient (Wildman–Crippen LogP) is 0.332. The summed E-state index contributed by atoms with van der Waals surface area (Å²) >= 11 is 0. The Labute approximate surface area is 56.8 Å². The van der Waals surface area contributed by atoms with Crippen LogP contribution in [0, 0.1) is 5.92 Å². The molecule has 0 aromatic heterocycles. The fraction of sp³-hybridized carbons (Fsp3) is 1.00. The first kappa shape index (κ1) is 7.03. The molecular formula is C7H16N2. The second-order valence-electron chi connectivity index (χ2n) is 3.25. The number of hydrogen-bond acceptors (Lipinski definition) is 2. The van der Waals surface area contributed by atoms with E-state index in [-0.39, 0.29) is 0 Å². The summed E-state index contributed by atoms with van der Waals surface area (Å²) in [4.78, 5) is 0. The van der Waals surface area contributed by atoms with Crippen LogP contribution in [-0.2, 0) is 0 Å². The van der Waals surface area contributed by atoms with Crippen LogP contribution in [0.2, 0.25) is 0 Å². The molecule has 1 heterocycles. The van der Waals surface area contributed by atoms with Crippen molar-refractivity contribution in [1.29, 1.82) is 0 Å². The van der Waals surface area contributed by atoms with Gasteiger partial charge in [-0.25, -0.2) is 0 Å². The van der Waals surface area contributed by atoms with Crippen LogP contribution in [0.5, 0.6) is 0 Å². The maximum absolute atomic E-state index is 5.70. The fourth-order valence-corrected chi connectivity index (χ4v) is 1.30. The molecule has 0 saturated carbocycles. The molecule has 0 radical (unpaired) electrons. The molecule has 9 heavy (non-hydrogen) atoms. The van der Waals surface area contributed by atoms with E-state index < -0.39 is 0 Å². The van der Waals surface area contributed by atoms with Gasteiger partial charge in [0.15, 0.2) is 0 Å². The Hall–Kier alpha value is -0.0800. The highest BCUT2D eigenvalue weighted by molar-refractivity contribution is 4.85. The molecule has 1 aliphatic heterocycles. The monoisotopic (exact) mass is 128 g/mol. The topological polar surface area (TPSA) is 38.0 Å². The van der Waals surface area contributed by atoms with Gasteiger partial charge in [-0.05, 0) is 12.3 Å². The Morgan fingerprint density at radius 3 is 2.44 bits per heavy atom. The van der Waals surface area contributed by atoms with Crippen molar-refractivity contribution in [2.45, 2.75) is 32.4 Å². The van der Waals surface area contributed by atoms with E-state index in [4.69, 9.17) is 5.73 Å². The summed E-state index contributed by atoms with van der Waals surface area (Å²) in [5.41, 5.74) is 5.70. The average molecular weight is 128 g/mol. The van der Waals surface area contributed by atoms with E-state index in [0.29, 0.717) is 12.1 Å². The molecule has 0 aromatic rings. The van der Waals surface area contributed by atoms with Gasteiger partial charge in [0, 0.05) is 18.6 Å². The van der Waals surface area contributed by atoms with Gasteiger partial charge in [0.05, 0.1) is 0 Å². The van der Waals surface area contributed by atoms with Crippen molar-refractivity contribution in [2.24, 2.45) is 11.7 Å². The second kappa shape index (κ2) is 2.67. The lowest BCUT2D eigenvalue weighted by Crippen LogP contribution is -2.26. The van der Waals surface area contributed by atoms with Gasteiger partial charge < -0.3 is 11.1 Å². The van der Waals surface area contributed by atoms with Crippen LogP contribution < -0.4 is 11.1 Å². The zero-order valence-electron chi connectivity index (χ0n) is 6.22. The van der Waals surface area contributed by atoms with Crippen molar-refractivity contribution in [3.8, 4) is 0 Å². The standard InChI is InChI=1S/C7H16N2/c1-5(2)7-3-6(8)4-9-7/h5-7,9H,3-4,8H2,1-2H3/t6-,7-/m0/s1. The molecular weight excluding hydrogens is 112 g/mol. The van der Waals surface area contributed by atoms with Crippen LogP contribution in [0.1, 0.15) is 20.3 Å². The molecule has 0 aliphatic carbocycles. The van der Waals surface area contributed by atoms with Gasteiger partial charge in [0.25, 0.3) is 0 Å². The van der Waals surface area contributed by atoms with E-state index >= 15 is 0 Å². The highest BCUT2D eigenvalue weighted by Gasteiger charge is 2.22. The van der Waals surface area contributed by atoms with Gasteiger partial charge in [0.1, 0.15) is 0 Å². The molecule has 0 unspecified atom stereocenters. The zero-order chi connectivity index (χ0) is 6.85. The van der Waals surface area contributed by atoms with Crippen molar-refractivity contribution in [1.82, 2.24) is 5.32 Å². The Balaban J connectivity index is 2.30. The molecule has 0 aromatic carbocycles. The third kappa shape index (κ3) is 1.66. The van der Waals surface area contributed by atoms with Crippen LogP contribution >= 0.6 is 0 Å². The third-order valence-corrected chi connectivity index (χ3v) is 2.00. The van der Waals surface area contributed by atoms with E-state index in [2.05, 4.69) is 19.2 Å². The van der Waals surface area contributed by atoms with E-state index in [1.54, 1.807) is 0 Å². The first-order valence-corrected chi connectivity index (χ1v) is 3.69. The number of nitrogens with one attached hydrogen (secondary N) is 1. The highest BCUT2D eigenvalue weighted by Crippen LogP contribution is 2.12. The zero-order valence-corrected chi connectivity index (χ0v) is 6.22. The number of nitrogens with two attached hydrogens (primary N) is 1. The minimum atomic E-state index is 0.400. The summed E-state index contributed by atoms with van der Waals surface area (Å²) in [5.74, 6) is 0.735. The molecule has 54 valence electrons. The first-order chi connectivity index (χ1) is 4.20. The molecule has 1 saturated heterocycles. The molecule has 1 aliphatic rings. The molecule has 0 spiro atoms. The molecule has 1 fully saturated rings. The van der Waals surface area contributed by atoms with Crippen molar-refractivity contribution in [2.75, 3.05) is 6.54 Å². The van der Waals surface area contributed by atoms with Crippen LogP contribution in [0.15, 0.2) is 0 Å². The summed E-state index contributed by atoms with van der Waals surface area (Å²) in [7, 11) is 0. The SMILES string of the molecule is CC(C)[C@@H]1C[C@H](N)CN1. The largest absolute Gasteiger partial charge is 0.326 e. The second-order valence-corrected chi connectivity index (χ2v) is 3.25. The third-order valence-electron chi connectivity index (χ3n) is 2.00. The van der Waals surface area contributed by atoms with Crippen molar-refractivity contribution in [3.63, 3.8) is 0 Å². The summed E-state index contributed by atoms with van der Waals surface area (Å²) in [6.07, 6.45) is 1.15. The molecule has 2 nitrogen and oxygen atoms in total. The smallest absolute Gasteiger partial charge is 0.0180 e. The van der Waals surface area contributed by atoms with Crippen molar-refractivity contribution >= 4 is 0 Å². The quantitative estimate of drug-likeness (QED) is 0.534. The van der Waals surface area contributed by atoms with Gasteiger partial charge >= 0.3 is 0 Å². The average Bonchev–Trinajstić information content (AvgIpc) is 2.14. The fourth-order valence-electron chi connectivity index (χ4n) is 1.30. The Morgan fingerprint density at radius 1 is 1.56 bits per heavy atom. The van der Waals surface area contributed by atoms with Gasteiger partial charge in [-0.3, -0.25) is 0 Å². The molecule has 2 heteroatoms. The highest BCUT2D eigenvalue weighted by atomic mass is 15.0. The normalized spacial score (nSPS) is 36.0. The maximum Gasteiger partial charge on any atom is 0.0180 e. The van der Waals surface area contributed by atoms with Crippen molar-refractivity contribution < 1.29 is 0 Å². The summed E-state index contributed by atoms with van der Waals surface area (Å²) in [6.45, 7) is 5.47. The first-order valence-electron chi connectivity index (χ1n) is 3.69. The van der Waals surface area contributed by atoms with Gasteiger partial charge in [-0.1, -0.05) is 13.8 Å². The van der Waals surface area contributed by atoms with Crippen LogP contribution in [-0.4, -0.2) is 18.6 Å². The van der Waals surface area contributed by atoms with Crippen LogP contribution in [0.4, 0.5) is 0 Å². The van der Waals surface area contributed by atoms with E-state index in [1.807, 2.05) is 0 Å². The van der Waals surface area contributed by atoms with Crippen molar-refractivity contribution in [3.05, 3.63) is 0 Å². The summed E-state index contributed by atoms with van der Waals surface area (Å²) in [5, 5.41) is 3.38. The summed E-state index contributed by atoms with van der Waals surface area (Å²) in [6, 6.07) is 1.07. The molecule has 0 amide bonds. The molecule has 3 N–H and O–H groups in total. The van der Waals surface area contributed by atoms with Gasteiger partial charge in [-0.15, -0.1) is 0 Å². The van der Waals surface area contributed by atoms with Gasteiger partial charge in [0.2, 0.25) is 0 Å². The van der Waals surface area contributed by atoms with E-state index in [0.717, 1.165) is 18.9 Å². The Morgan fingerprint density at radius 2 is 2.22 bits per heavy atom. The minimum absolute atomic E-state index is 0.400. The lowest BCUT2D eigenvalue weighted by Gasteiger charge is -2.13. The molecule has 2 atom stereocenters. The number of hydrogen-bond donors (Lipinski definition) is 2. The number of rotatable bonds is 1. The predicted molar refractivity (Wildman–Crippen MR) is 39.2 cm³/mol. The maximum atomic E-state index is 5.70. The molecule has 1 rings (SSSR count).